The summed E-state index contributed by atoms with van der Waals surface area (Å²) in [5, 5.41) is 10.0. The number of carbonyl (C=O) groups is 1. The molecule has 0 saturated heterocycles. The SMILES string of the molecule is Cc1cccc(OCC(C)NC(=O)NCCNc2ccc3ccccc3n2)c1. The molecule has 0 aliphatic heterocycles. The quantitative estimate of drug-likeness (QED) is 0.522. The molecular formula is C22H26N4O2. The van der Waals surface area contributed by atoms with Gasteiger partial charge in [-0.25, -0.2) is 9.78 Å². The normalized spacial score (nSPS) is 11.6. The first kappa shape index (κ1) is 19.5. The van der Waals surface area contributed by atoms with Crippen molar-refractivity contribution in [3.8, 4) is 5.75 Å². The summed E-state index contributed by atoms with van der Waals surface area (Å²) in [7, 11) is 0. The van der Waals surface area contributed by atoms with Crippen LogP contribution in [0, 0.1) is 6.92 Å². The molecule has 146 valence electrons. The molecule has 0 aliphatic carbocycles. The number of amides is 2. The van der Waals surface area contributed by atoms with Crippen LogP contribution in [0.1, 0.15) is 12.5 Å². The molecule has 0 saturated carbocycles. The highest BCUT2D eigenvalue weighted by molar-refractivity contribution is 5.80. The Labute approximate surface area is 165 Å². The summed E-state index contributed by atoms with van der Waals surface area (Å²) >= 11 is 0. The molecule has 0 fully saturated rings. The first-order chi connectivity index (χ1) is 13.6. The molecule has 0 radical (unpaired) electrons. The Bertz CT molecular complexity index is 929. The van der Waals surface area contributed by atoms with Gasteiger partial charge in [-0.05, 0) is 49.7 Å². The predicted octanol–water partition coefficient (Wildman–Crippen LogP) is 3.72. The van der Waals surface area contributed by atoms with Crippen LogP contribution in [-0.2, 0) is 0 Å². The number of urea groups is 1. The minimum atomic E-state index is -0.214. The van der Waals surface area contributed by atoms with Crippen molar-refractivity contribution >= 4 is 22.8 Å². The molecule has 1 unspecified atom stereocenters. The monoisotopic (exact) mass is 378 g/mol. The van der Waals surface area contributed by atoms with Crippen LogP contribution in [0.25, 0.3) is 10.9 Å². The second-order valence-corrected chi connectivity index (χ2v) is 6.74. The van der Waals surface area contributed by atoms with Crippen LogP contribution in [0.3, 0.4) is 0 Å². The smallest absolute Gasteiger partial charge is 0.315 e. The molecule has 6 heteroatoms. The molecule has 2 amide bonds. The van der Waals surface area contributed by atoms with E-state index in [0.717, 1.165) is 28.0 Å². The second-order valence-electron chi connectivity index (χ2n) is 6.74. The average Bonchev–Trinajstić information content (AvgIpc) is 2.69. The number of nitrogens with one attached hydrogen (secondary N) is 3. The summed E-state index contributed by atoms with van der Waals surface area (Å²) in [4.78, 5) is 16.5. The number of hydrogen-bond donors (Lipinski definition) is 3. The van der Waals surface area contributed by atoms with Gasteiger partial charge >= 0.3 is 6.03 Å². The summed E-state index contributed by atoms with van der Waals surface area (Å²) in [6.07, 6.45) is 0. The van der Waals surface area contributed by atoms with E-state index < -0.39 is 0 Å². The van der Waals surface area contributed by atoms with Crippen molar-refractivity contribution in [2.24, 2.45) is 0 Å². The van der Waals surface area contributed by atoms with Gasteiger partial charge in [0.25, 0.3) is 0 Å². The highest BCUT2D eigenvalue weighted by Gasteiger charge is 2.07. The summed E-state index contributed by atoms with van der Waals surface area (Å²) in [5.41, 5.74) is 2.09. The largest absolute Gasteiger partial charge is 0.491 e. The third kappa shape index (κ3) is 5.87. The Morgan fingerprint density at radius 3 is 2.79 bits per heavy atom. The fraction of sp³-hybridized carbons (Fsp3) is 0.273. The first-order valence-corrected chi connectivity index (χ1v) is 9.43. The molecule has 1 heterocycles. The predicted molar refractivity (Wildman–Crippen MR) is 113 cm³/mol. The zero-order chi connectivity index (χ0) is 19.8. The first-order valence-electron chi connectivity index (χ1n) is 9.43. The number of carbonyl (C=O) groups excluding carboxylic acids is 1. The highest BCUT2D eigenvalue weighted by Crippen LogP contribution is 2.14. The van der Waals surface area contributed by atoms with E-state index in [2.05, 4.69) is 20.9 Å². The molecule has 6 nitrogen and oxygen atoms in total. The number of para-hydroxylation sites is 1. The lowest BCUT2D eigenvalue weighted by Gasteiger charge is -2.16. The van der Waals surface area contributed by atoms with Crippen LogP contribution >= 0.6 is 0 Å². The lowest BCUT2D eigenvalue weighted by atomic mass is 10.2. The van der Waals surface area contributed by atoms with Crippen LogP contribution in [-0.4, -0.2) is 36.8 Å². The number of anilines is 1. The molecule has 0 aliphatic rings. The van der Waals surface area contributed by atoms with E-state index >= 15 is 0 Å². The summed E-state index contributed by atoms with van der Waals surface area (Å²) in [5.74, 6) is 1.60. The summed E-state index contributed by atoms with van der Waals surface area (Å²) in [6, 6.07) is 19.5. The van der Waals surface area contributed by atoms with Crippen LogP contribution in [0.5, 0.6) is 5.75 Å². The van der Waals surface area contributed by atoms with Crippen molar-refractivity contribution in [2.45, 2.75) is 19.9 Å². The molecule has 28 heavy (non-hydrogen) atoms. The molecule has 1 aromatic heterocycles. The van der Waals surface area contributed by atoms with Crippen LogP contribution in [0.2, 0.25) is 0 Å². The van der Waals surface area contributed by atoms with Crippen molar-refractivity contribution in [1.82, 2.24) is 15.6 Å². The number of benzene rings is 2. The van der Waals surface area contributed by atoms with Gasteiger partial charge in [0, 0.05) is 18.5 Å². The number of ether oxygens (including phenoxy) is 1. The van der Waals surface area contributed by atoms with E-state index in [1.54, 1.807) is 0 Å². The van der Waals surface area contributed by atoms with Crippen molar-refractivity contribution in [2.75, 3.05) is 25.0 Å². The molecule has 3 N–H and O–H groups in total. The Kier molecular flexibility index (Phi) is 6.68. The van der Waals surface area contributed by atoms with Gasteiger partial charge in [0.05, 0.1) is 11.6 Å². The van der Waals surface area contributed by atoms with Crippen molar-refractivity contribution in [1.29, 1.82) is 0 Å². The summed E-state index contributed by atoms with van der Waals surface area (Å²) < 4.78 is 5.70. The molecule has 3 rings (SSSR count). The molecule has 2 aromatic carbocycles. The maximum atomic E-state index is 12.0. The zero-order valence-electron chi connectivity index (χ0n) is 16.2. The van der Waals surface area contributed by atoms with Gasteiger partial charge in [0.2, 0.25) is 0 Å². The minimum absolute atomic E-state index is 0.101. The van der Waals surface area contributed by atoms with Crippen molar-refractivity contribution in [3.05, 3.63) is 66.2 Å². The number of rotatable bonds is 8. The van der Waals surface area contributed by atoms with Crippen LogP contribution in [0.4, 0.5) is 10.6 Å². The average molecular weight is 378 g/mol. The maximum Gasteiger partial charge on any atom is 0.315 e. The third-order valence-electron chi connectivity index (χ3n) is 4.18. The highest BCUT2D eigenvalue weighted by atomic mass is 16.5. The van der Waals surface area contributed by atoms with Crippen LogP contribution in [0.15, 0.2) is 60.7 Å². The number of aromatic nitrogens is 1. The molecule has 0 spiro atoms. The van der Waals surface area contributed by atoms with Gasteiger partial charge in [0.15, 0.2) is 0 Å². The molecule has 1 atom stereocenters. The van der Waals surface area contributed by atoms with Gasteiger partial charge < -0.3 is 20.7 Å². The lowest BCUT2D eigenvalue weighted by molar-refractivity contribution is 0.227. The number of nitrogens with zero attached hydrogens (tertiary/aromatic N) is 1. The van der Waals surface area contributed by atoms with Crippen molar-refractivity contribution < 1.29 is 9.53 Å². The van der Waals surface area contributed by atoms with E-state index in [-0.39, 0.29) is 12.1 Å². The van der Waals surface area contributed by atoms with Gasteiger partial charge in [-0.15, -0.1) is 0 Å². The fourth-order valence-corrected chi connectivity index (χ4v) is 2.77. The topological polar surface area (TPSA) is 75.3 Å². The maximum absolute atomic E-state index is 12.0. The van der Waals surface area contributed by atoms with E-state index in [9.17, 15) is 4.79 Å². The summed E-state index contributed by atoms with van der Waals surface area (Å²) in [6.45, 7) is 5.42. The lowest BCUT2D eigenvalue weighted by Crippen LogP contribution is -2.44. The Balaban J connectivity index is 1.34. The van der Waals surface area contributed by atoms with E-state index in [1.807, 2.05) is 74.5 Å². The van der Waals surface area contributed by atoms with Gasteiger partial charge in [-0.2, -0.15) is 0 Å². The van der Waals surface area contributed by atoms with Gasteiger partial charge in [-0.1, -0.05) is 30.3 Å². The van der Waals surface area contributed by atoms with E-state index in [1.165, 1.54) is 0 Å². The number of hydrogen-bond acceptors (Lipinski definition) is 4. The third-order valence-corrected chi connectivity index (χ3v) is 4.18. The number of aryl methyl sites for hydroxylation is 1. The van der Waals surface area contributed by atoms with Gasteiger partial charge in [-0.3, -0.25) is 0 Å². The van der Waals surface area contributed by atoms with Crippen molar-refractivity contribution in [3.63, 3.8) is 0 Å². The molecule has 0 bridgehead atoms. The Morgan fingerprint density at radius 1 is 1.07 bits per heavy atom. The zero-order valence-corrected chi connectivity index (χ0v) is 16.2. The molecular weight excluding hydrogens is 352 g/mol. The fourth-order valence-electron chi connectivity index (χ4n) is 2.77. The Hall–Kier alpha value is -3.28. The number of fused-ring (bicyclic) bond motifs is 1. The second kappa shape index (κ2) is 9.60. The van der Waals surface area contributed by atoms with Crippen LogP contribution < -0.4 is 20.7 Å². The van der Waals surface area contributed by atoms with Gasteiger partial charge in [0.1, 0.15) is 18.2 Å². The van der Waals surface area contributed by atoms with E-state index in [4.69, 9.17) is 4.74 Å². The number of pyridine rings is 1. The standard InChI is InChI=1S/C22H26N4O2/c1-16-6-5-8-19(14-16)28-15-17(2)25-22(27)24-13-12-23-21-11-10-18-7-3-4-9-20(18)26-21/h3-11,14,17H,12-13,15H2,1-2H3,(H,23,26)(H2,24,25,27). The minimum Gasteiger partial charge on any atom is -0.491 e. The Morgan fingerprint density at radius 2 is 1.93 bits per heavy atom. The molecule has 3 aromatic rings. The van der Waals surface area contributed by atoms with E-state index in [0.29, 0.717) is 19.7 Å².